The third-order valence-corrected chi connectivity index (χ3v) is 5.38. The lowest BCUT2D eigenvalue weighted by molar-refractivity contribution is -0.0964. The summed E-state index contributed by atoms with van der Waals surface area (Å²) in [5, 5.41) is 15.9. The summed E-state index contributed by atoms with van der Waals surface area (Å²) in [6.45, 7) is 1.07. The predicted molar refractivity (Wildman–Crippen MR) is 129 cm³/mol. The normalized spacial score (nSPS) is 15.6. The topological polar surface area (TPSA) is 96.0 Å². The second-order valence-corrected chi connectivity index (χ2v) is 8.30. The summed E-state index contributed by atoms with van der Waals surface area (Å²) >= 11 is 4.77. The standard InChI is InChI=1S/C24H23ClF2N4O4/c1-34-19-6-2-16(3-7-19)29-21-12-15(13-28-22(21)31-11-10-18(32)14-31)23(33)30-17-4-8-20(9-5-17)35-24(25,26)27/h2-9,12-13,18,29,32H,10-11,14H2,1H3,(H,30,33). The number of carbonyl (C=O) groups excluding carboxylic acids is 1. The minimum absolute atomic E-state index is 0.146. The molecular formula is C24H23ClF2N4O4. The fourth-order valence-corrected chi connectivity index (χ4v) is 3.72. The molecule has 11 heteroatoms. The van der Waals surface area contributed by atoms with E-state index in [2.05, 4.69) is 20.4 Å². The molecule has 0 aliphatic carbocycles. The molecule has 2 aromatic carbocycles. The third-order valence-electron chi connectivity index (χ3n) is 5.31. The summed E-state index contributed by atoms with van der Waals surface area (Å²) < 4.78 is 35.0. The van der Waals surface area contributed by atoms with E-state index in [1.807, 2.05) is 17.0 Å². The van der Waals surface area contributed by atoms with Crippen LogP contribution in [0.1, 0.15) is 16.8 Å². The highest BCUT2D eigenvalue weighted by molar-refractivity contribution is 6.20. The van der Waals surface area contributed by atoms with Gasteiger partial charge in [0.05, 0.1) is 24.5 Å². The van der Waals surface area contributed by atoms with Crippen molar-refractivity contribution in [3.05, 3.63) is 66.4 Å². The van der Waals surface area contributed by atoms with E-state index in [1.54, 1.807) is 25.3 Å². The number of nitrogens with zero attached hydrogens (tertiary/aromatic N) is 2. The first-order chi connectivity index (χ1) is 16.7. The van der Waals surface area contributed by atoms with Crippen LogP contribution in [0.3, 0.4) is 0 Å². The van der Waals surface area contributed by atoms with Crippen LogP contribution in [0.2, 0.25) is 0 Å². The molecule has 2 heterocycles. The lowest BCUT2D eigenvalue weighted by Crippen LogP contribution is -2.24. The summed E-state index contributed by atoms with van der Waals surface area (Å²) in [5.74, 6) is 0.723. The highest BCUT2D eigenvalue weighted by atomic mass is 35.5. The maximum Gasteiger partial charge on any atom is 0.487 e. The minimum Gasteiger partial charge on any atom is -0.497 e. The lowest BCUT2D eigenvalue weighted by atomic mass is 10.2. The van der Waals surface area contributed by atoms with Crippen molar-refractivity contribution < 1.29 is 28.2 Å². The summed E-state index contributed by atoms with van der Waals surface area (Å²) in [7, 11) is 1.58. The molecule has 1 amide bonds. The molecule has 1 unspecified atom stereocenters. The van der Waals surface area contributed by atoms with E-state index in [-0.39, 0.29) is 11.3 Å². The second kappa shape index (κ2) is 10.3. The van der Waals surface area contributed by atoms with Crippen molar-refractivity contribution in [1.29, 1.82) is 0 Å². The summed E-state index contributed by atoms with van der Waals surface area (Å²) in [6, 6.07) is 14.3. The van der Waals surface area contributed by atoms with Crippen molar-refractivity contribution in [2.75, 3.05) is 35.7 Å². The molecule has 35 heavy (non-hydrogen) atoms. The predicted octanol–water partition coefficient (Wildman–Crippen LogP) is 4.83. The monoisotopic (exact) mass is 504 g/mol. The molecule has 3 N–H and O–H groups in total. The first-order valence-electron chi connectivity index (χ1n) is 10.7. The molecular weight excluding hydrogens is 482 g/mol. The van der Waals surface area contributed by atoms with Crippen molar-refractivity contribution >= 4 is 40.4 Å². The maximum atomic E-state index is 12.9. The Morgan fingerprint density at radius 1 is 1.14 bits per heavy atom. The molecule has 1 saturated heterocycles. The number of alkyl halides is 3. The number of ether oxygens (including phenoxy) is 2. The average molecular weight is 505 g/mol. The molecule has 1 fully saturated rings. The molecule has 0 bridgehead atoms. The van der Waals surface area contributed by atoms with Crippen molar-refractivity contribution in [1.82, 2.24) is 4.98 Å². The van der Waals surface area contributed by atoms with Gasteiger partial charge >= 0.3 is 5.57 Å². The fraction of sp³-hybridized carbons (Fsp3) is 0.250. The van der Waals surface area contributed by atoms with E-state index in [1.165, 1.54) is 30.5 Å². The number of methoxy groups -OCH3 is 1. The Balaban J connectivity index is 1.55. The van der Waals surface area contributed by atoms with Crippen molar-refractivity contribution in [3.63, 3.8) is 0 Å². The number of hydrogen-bond donors (Lipinski definition) is 3. The van der Waals surface area contributed by atoms with E-state index in [0.717, 1.165) is 5.69 Å². The third kappa shape index (κ3) is 6.49. The van der Waals surface area contributed by atoms with Gasteiger partial charge in [0, 0.05) is 42.3 Å². The van der Waals surface area contributed by atoms with E-state index < -0.39 is 17.6 Å². The van der Waals surface area contributed by atoms with Gasteiger partial charge in [-0.15, -0.1) is 8.78 Å². The van der Waals surface area contributed by atoms with Crippen LogP contribution in [-0.4, -0.2) is 47.9 Å². The number of rotatable bonds is 8. The number of carbonyl (C=O) groups is 1. The number of pyridine rings is 1. The molecule has 0 radical (unpaired) electrons. The molecule has 184 valence electrons. The maximum absolute atomic E-state index is 12.9. The lowest BCUT2D eigenvalue weighted by Gasteiger charge is -2.21. The number of aromatic nitrogens is 1. The van der Waals surface area contributed by atoms with Gasteiger partial charge in [0.15, 0.2) is 5.82 Å². The quantitative estimate of drug-likeness (QED) is 0.378. The van der Waals surface area contributed by atoms with Gasteiger partial charge in [-0.3, -0.25) is 4.79 Å². The number of benzene rings is 2. The van der Waals surface area contributed by atoms with Gasteiger partial charge < -0.3 is 30.1 Å². The molecule has 1 aliphatic heterocycles. The Morgan fingerprint density at radius 2 is 1.80 bits per heavy atom. The number of aliphatic hydroxyl groups excluding tert-OH is 1. The van der Waals surface area contributed by atoms with Gasteiger partial charge in [-0.1, -0.05) is 0 Å². The Hall–Kier alpha value is -3.63. The van der Waals surface area contributed by atoms with Crippen LogP contribution in [-0.2, 0) is 0 Å². The smallest absolute Gasteiger partial charge is 0.487 e. The Morgan fingerprint density at radius 3 is 2.40 bits per heavy atom. The zero-order valence-electron chi connectivity index (χ0n) is 18.7. The van der Waals surface area contributed by atoms with Gasteiger partial charge in [0.1, 0.15) is 11.5 Å². The SMILES string of the molecule is COc1ccc(Nc2cc(C(=O)Nc3ccc(OC(F)(F)Cl)cc3)cnc2N2CCC(O)C2)cc1. The molecule has 8 nitrogen and oxygen atoms in total. The van der Waals surface area contributed by atoms with Crippen LogP contribution >= 0.6 is 11.6 Å². The Bertz CT molecular complexity index is 1170. The summed E-state index contributed by atoms with van der Waals surface area (Å²) in [5.41, 5.74) is -1.83. The molecule has 0 spiro atoms. The Labute approximate surface area is 205 Å². The van der Waals surface area contributed by atoms with E-state index >= 15 is 0 Å². The second-order valence-electron chi connectivity index (χ2n) is 7.86. The van der Waals surface area contributed by atoms with Crippen LogP contribution in [0.15, 0.2) is 60.8 Å². The van der Waals surface area contributed by atoms with Crippen LogP contribution in [0, 0.1) is 0 Å². The highest BCUT2D eigenvalue weighted by Crippen LogP contribution is 2.31. The van der Waals surface area contributed by atoms with Crippen LogP contribution in [0.5, 0.6) is 11.5 Å². The Kier molecular flexibility index (Phi) is 7.23. The van der Waals surface area contributed by atoms with Crippen molar-refractivity contribution in [2.24, 2.45) is 0 Å². The van der Waals surface area contributed by atoms with Gasteiger partial charge in [0.2, 0.25) is 0 Å². The molecule has 4 rings (SSSR count). The van der Waals surface area contributed by atoms with Gasteiger partial charge in [-0.2, -0.15) is 0 Å². The van der Waals surface area contributed by atoms with Crippen LogP contribution in [0.25, 0.3) is 0 Å². The largest absolute Gasteiger partial charge is 0.497 e. The first kappa shape index (κ1) is 24.5. The van der Waals surface area contributed by atoms with E-state index in [4.69, 9.17) is 16.3 Å². The molecule has 1 aromatic heterocycles. The van der Waals surface area contributed by atoms with Gasteiger partial charge in [0.25, 0.3) is 5.91 Å². The number of hydrogen-bond acceptors (Lipinski definition) is 7. The number of halogens is 3. The number of aliphatic hydroxyl groups is 1. The highest BCUT2D eigenvalue weighted by Gasteiger charge is 2.27. The molecule has 3 aromatic rings. The van der Waals surface area contributed by atoms with Gasteiger partial charge in [-0.25, -0.2) is 4.98 Å². The summed E-state index contributed by atoms with van der Waals surface area (Å²) in [4.78, 5) is 19.3. The fourth-order valence-electron chi connectivity index (χ4n) is 3.63. The zero-order valence-corrected chi connectivity index (χ0v) is 19.4. The van der Waals surface area contributed by atoms with Crippen molar-refractivity contribution in [2.45, 2.75) is 18.1 Å². The minimum atomic E-state index is -3.82. The van der Waals surface area contributed by atoms with Gasteiger partial charge in [-0.05, 0) is 61.0 Å². The summed E-state index contributed by atoms with van der Waals surface area (Å²) in [6.07, 6.45) is 1.63. The van der Waals surface area contributed by atoms with E-state index in [0.29, 0.717) is 42.5 Å². The number of anilines is 4. The number of amides is 1. The first-order valence-corrected chi connectivity index (χ1v) is 11.1. The zero-order chi connectivity index (χ0) is 25.0. The van der Waals surface area contributed by atoms with E-state index in [9.17, 15) is 18.7 Å². The van der Waals surface area contributed by atoms with Crippen LogP contribution in [0.4, 0.5) is 31.7 Å². The van der Waals surface area contributed by atoms with Crippen LogP contribution < -0.4 is 25.0 Å². The molecule has 1 aliphatic rings. The number of nitrogens with one attached hydrogen (secondary N) is 2. The number of β-amino-alcohol motifs (C(OH)–C–C–N with tert-alkyl or cyclic N) is 1. The molecule has 0 saturated carbocycles. The molecule has 1 atom stereocenters. The van der Waals surface area contributed by atoms with Crippen molar-refractivity contribution in [3.8, 4) is 11.5 Å². The average Bonchev–Trinajstić information content (AvgIpc) is 3.26.